The van der Waals surface area contributed by atoms with Crippen LogP contribution in [0, 0.1) is 6.92 Å². The predicted octanol–water partition coefficient (Wildman–Crippen LogP) is 4.02. The Morgan fingerprint density at radius 2 is 1.76 bits per heavy atom. The molecule has 0 bridgehead atoms. The lowest BCUT2D eigenvalue weighted by molar-refractivity contribution is 0.0962. The third-order valence-corrected chi connectivity index (χ3v) is 5.48. The number of rotatable bonds is 3. The summed E-state index contributed by atoms with van der Waals surface area (Å²) in [5.74, 6) is 2.11. The molecule has 0 aliphatic heterocycles. The van der Waals surface area contributed by atoms with Crippen molar-refractivity contribution in [2.24, 2.45) is 0 Å². The number of ketones is 1. The number of fused-ring (bicyclic) bond motifs is 2. The van der Waals surface area contributed by atoms with E-state index in [1.54, 1.807) is 17.8 Å². The molecule has 0 amide bonds. The van der Waals surface area contributed by atoms with Gasteiger partial charge in [-0.25, -0.2) is 9.50 Å². The molecule has 2 aromatic heterocycles. The molecule has 0 radical (unpaired) electrons. The molecular formula is C23H20N4O2. The summed E-state index contributed by atoms with van der Waals surface area (Å²) in [6, 6.07) is 15.9. The van der Waals surface area contributed by atoms with Gasteiger partial charge in [0.15, 0.2) is 11.6 Å². The van der Waals surface area contributed by atoms with Gasteiger partial charge in [-0.05, 0) is 49.1 Å². The number of aryl methyl sites for hydroxylation is 1. The van der Waals surface area contributed by atoms with E-state index in [9.17, 15) is 4.79 Å². The van der Waals surface area contributed by atoms with Crippen LogP contribution in [0.4, 0.5) is 0 Å². The fourth-order valence-electron chi connectivity index (χ4n) is 3.82. The fraction of sp³-hybridized carbons (Fsp3) is 0.217. The lowest BCUT2D eigenvalue weighted by Crippen LogP contribution is -2.21. The maximum Gasteiger partial charge on any atom is 0.252 e. The molecule has 6 heteroatoms. The van der Waals surface area contributed by atoms with Crippen LogP contribution in [0.2, 0.25) is 0 Å². The quantitative estimate of drug-likeness (QED) is 0.534. The van der Waals surface area contributed by atoms with Gasteiger partial charge in [-0.3, -0.25) is 4.79 Å². The molecule has 0 unspecified atom stereocenters. The van der Waals surface area contributed by atoms with Crippen LogP contribution in [0.1, 0.15) is 39.5 Å². The smallest absolute Gasteiger partial charge is 0.252 e. The number of hydrogen-bond acceptors (Lipinski definition) is 5. The van der Waals surface area contributed by atoms with Crippen molar-refractivity contribution in [3.63, 3.8) is 0 Å². The topological polar surface area (TPSA) is 69.4 Å². The van der Waals surface area contributed by atoms with Crippen LogP contribution >= 0.6 is 0 Å². The molecule has 2 aromatic carbocycles. The molecule has 1 aliphatic carbocycles. The average Bonchev–Trinajstić information content (AvgIpc) is 3.16. The molecule has 4 aromatic rings. The molecule has 2 heterocycles. The minimum Gasteiger partial charge on any atom is -0.497 e. The third-order valence-electron chi connectivity index (χ3n) is 5.48. The molecular weight excluding hydrogens is 364 g/mol. The van der Waals surface area contributed by atoms with Crippen molar-refractivity contribution in [3.05, 3.63) is 77.1 Å². The second-order valence-electron chi connectivity index (χ2n) is 7.45. The Morgan fingerprint density at radius 1 is 1.00 bits per heavy atom. The number of aromatic nitrogens is 4. The van der Waals surface area contributed by atoms with Crippen LogP contribution in [0.5, 0.6) is 5.75 Å². The van der Waals surface area contributed by atoms with Crippen molar-refractivity contribution in [2.75, 3.05) is 7.11 Å². The van der Waals surface area contributed by atoms with Gasteiger partial charge in [-0.2, -0.15) is 4.98 Å². The van der Waals surface area contributed by atoms with Crippen LogP contribution in [0.25, 0.3) is 17.2 Å². The number of ether oxygens (including phenoxy) is 1. The monoisotopic (exact) mass is 384 g/mol. The summed E-state index contributed by atoms with van der Waals surface area (Å²) in [5.41, 5.74) is 4.71. The molecule has 0 spiro atoms. The van der Waals surface area contributed by atoms with Crippen LogP contribution in [0.3, 0.4) is 0 Å². The number of Topliss-reactive ketones (excluding diaryl/α,β-unsaturated/α-hetero) is 1. The van der Waals surface area contributed by atoms with Crippen molar-refractivity contribution in [3.8, 4) is 17.1 Å². The van der Waals surface area contributed by atoms with Gasteiger partial charge in [0.25, 0.3) is 5.78 Å². The van der Waals surface area contributed by atoms with E-state index < -0.39 is 0 Å². The summed E-state index contributed by atoms with van der Waals surface area (Å²) < 4.78 is 6.80. The van der Waals surface area contributed by atoms with Crippen molar-refractivity contribution >= 4 is 11.6 Å². The second kappa shape index (κ2) is 6.81. The summed E-state index contributed by atoms with van der Waals surface area (Å²) in [6.45, 7) is 2.06. The van der Waals surface area contributed by atoms with E-state index in [1.165, 1.54) is 11.1 Å². The highest BCUT2D eigenvalue weighted by molar-refractivity contribution is 5.98. The predicted molar refractivity (Wildman–Crippen MR) is 109 cm³/mol. The Balaban J connectivity index is 1.51. The molecule has 5 rings (SSSR count). The van der Waals surface area contributed by atoms with E-state index >= 15 is 0 Å². The Kier molecular flexibility index (Phi) is 4.12. The first kappa shape index (κ1) is 17.6. The van der Waals surface area contributed by atoms with Crippen LogP contribution in [-0.4, -0.2) is 32.5 Å². The number of benzene rings is 2. The Hall–Kier alpha value is -3.54. The van der Waals surface area contributed by atoms with Crippen LogP contribution in [0.15, 0.2) is 54.7 Å². The Morgan fingerprint density at radius 3 is 2.48 bits per heavy atom. The molecule has 0 saturated heterocycles. The van der Waals surface area contributed by atoms with Gasteiger partial charge in [0.05, 0.1) is 18.4 Å². The first-order valence-corrected chi connectivity index (χ1v) is 9.61. The van der Waals surface area contributed by atoms with E-state index in [0.717, 1.165) is 23.4 Å². The first-order chi connectivity index (χ1) is 14.1. The summed E-state index contributed by atoms with van der Waals surface area (Å²) in [5, 5.41) is 4.52. The number of carbonyl (C=O) groups excluding carboxylic acids is 1. The molecule has 144 valence electrons. The van der Waals surface area contributed by atoms with Gasteiger partial charge < -0.3 is 4.74 Å². The summed E-state index contributed by atoms with van der Waals surface area (Å²) in [7, 11) is 1.63. The number of methoxy groups -OCH3 is 1. The maximum absolute atomic E-state index is 12.8. The third kappa shape index (κ3) is 3.16. The highest BCUT2D eigenvalue weighted by Crippen LogP contribution is 2.32. The summed E-state index contributed by atoms with van der Waals surface area (Å²) in [4.78, 5) is 22.1. The Bertz CT molecular complexity index is 1210. The van der Waals surface area contributed by atoms with Gasteiger partial charge in [0.2, 0.25) is 0 Å². The van der Waals surface area contributed by atoms with Gasteiger partial charge in [-0.1, -0.05) is 29.8 Å². The molecule has 29 heavy (non-hydrogen) atoms. The average molecular weight is 384 g/mol. The van der Waals surface area contributed by atoms with Gasteiger partial charge >= 0.3 is 0 Å². The standard InChI is InChI=1S/C23H20N4O2/c1-14-3-5-15(6-4-14)17-11-20-19(21(28)12-17)13-27-23(24-20)25-22(26-27)16-7-9-18(29-2)10-8-16/h3-10,13,17H,11-12H2,1-2H3/t17-/m1/s1. The molecule has 0 N–H and O–H groups in total. The number of hydrogen-bond donors (Lipinski definition) is 0. The van der Waals surface area contributed by atoms with Crippen molar-refractivity contribution in [1.82, 2.24) is 19.6 Å². The minimum atomic E-state index is 0.104. The van der Waals surface area contributed by atoms with Gasteiger partial charge in [0, 0.05) is 18.2 Å². The second-order valence-corrected chi connectivity index (χ2v) is 7.45. The molecule has 6 nitrogen and oxygen atoms in total. The van der Waals surface area contributed by atoms with Gasteiger partial charge in [0.1, 0.15) is 5.75 Å². The highest BCUT2D eigenvalue weighted by atomic mass is 16.5. The van der Waals surface area contributed by atoms with Crippen molar-refractivity contribution in [2.45, 2.75) is 25.7 Å². The number of nitrogens with zero attached hydrogens (tertiary/aromatic N) is 4. The molecule has 1 atom stereocenters. The maximum atomic E-state index is 12.8. The zero-order valence-electron chi connectivity index (χ0n) is 16.3. The molecule has 0 fully saturated rings. The minimum absolute atomic E-state index is 0.104. The van der Waals surface area contributed by atoms with Crippen LogP contribution in [-0.2, 0) is 6.42 Å². The normalized spacial score (nSPS) is 16.1. The fourth-order valence-corrected chi connectivity index (χ4v) is 3.82. The zero-order chi connectivity index (χ0) is 20.0. The SMILES string of the molecule is COc1ccc(-c2nc3nc4c(cn3n2)C(=O)C[C@H](c2ccc(C)cc2)C4)cc1. The largest absolute Gasteiger partial charge is 0.497 e. The van der Waals surface area contributed by atoms with Crippen LogP contribution < -0.4 is 4.74 Å². The van der Waals surface area contributed by atoms with Crippen molar-refractivity contribution in [1.29, 1.82) is 0 Å². The lowest BCUT2D eigenvalue weighted by atomic mass is 9.82. The Labute approximate surface area is 168 Å². The lowest BCUT2D eigenvalue weighted by Gasteiger charge is -2.23. The van der Waals surface area contributed by atoms with E-state index in [4.69, 9.17) is 4.74 Å². The van der Waals surface area contributed by atoms with E-state index in [0.29, 0.717) is 23.6 Å². The molecule has 0 saturated carbocycles. The van der Waals surface area contributed by atoms with Gasteiger partial charge in [-0.15, -0.1) is 5.10 Å². The summed E-state index contributed by atoms with van der Waals surface area (Å²) in [6.07, 6.45) is 2.99. The van der Waals surface area contributed by atoms with Crippen molar-refractivity contribution < 1.29 is 9.53 Å². The van der Waals surface area contributed by atoms with E-state index in [2.05, 4.69) is 46.3 Å². The molecule has 1 aliphatic rings. The zero-order valence-corrected chi connectivity index (χ0v) is 16.3. The van der Waals surface area contributed by atoms with E-state index in [1.807, 2.05) is 24.3 Å². The highest BCUT2D eigenvalue weighted by Gasteiger charge is 2.28. The van der Waals surface area contributed by atoms with E-state index in [-0.39, 0.29) is 11.7 Å². The number of carbonyl (C=O) groups is 1. The summed E-state index contributed by atoms with van der Waals surface area (Å²) >= 11 is 0. The first-order valence-electron chi connectivity index (χ1n) is 9.61.